The first-order valence-corrected chi connectivity index (χ1v) is 11.6. The highest BCUT2D eigenvalue weighted by molar-refractivity contribution is 6.03. The number of carbonyl (C=O) groups is 2. The van der Waals surface area contributed by atoms with E-state index in [1.54, 1.807) is 24.3 Å². The second-order valence-corrected chi connectivity index (χ2v) is 8.24. The largest absolute Gasteiger partial charge is 0.454 e. The molecule has 2 aliphatic heterocycles. The fourth-order valence-electron chi connectivity index (χ4n) is 4.01. The number of halogens is 1. The Morgan fingerprint density at radius 2 is 2.03 bits per heavy atom. The first-order valence-electron chi connectivity index (χ1n) is 11.6. The SMILES string of the molecule is CCCNC(=O)N(CCOC)CC(=O)N1N=C(c2ccccc2F)CC1c1ccc2c(c1)OCO2. The highest BCUT2D eigenvalue weighted by Crippen LogP contribution is 2.39. The number of nitrogens with zero attached hydrogens (tertiary/aromatic N) is 3. The predicted molar refractivity (Wildman–Crippen MR) is 127 cm³/mol. The van der Waals surface area contributed by atoms with Gasteiger partial charge in [0.05, 0.1) is 18.4 Å². The number of fused-ring (bicyclic) bond motifs is 1. The summed E-state index contributed by atoms with van der Waals surface area (Å²) in [6, 6.07) is 10.9. The average Bonchev–Trinajstić information content (AvgIpc) is 3.52. The van der Waals surface area contributed by atoms with Crippen LogP contribution in [0.4, 0.5) is 9.18 Å². The van der Waals surface area contributed by atoms with Gasteiger partial charge in [-0.2, -0.15) is 5.10 Å². The number of benzene rings is 2. The van der Waals surface area contributed by atoms with Crippen molar-refractivity contribution < 1.29 is 28.2 Å². The van der Waals surface area contributed by atoms with Crippen molar-refractivity contribution in [2.45, 2.75) is 25.8 Å². The van der Waals surface area contributed by atoms with Crippen molar-refractivity contribution in [1.82, 2.24) is 15.2 Å². The van der Waals surface area contributed by atoms with E-state index in [0.29, 0.717) is 35.7 Å². The van der Waals surface area contributed by atoms with Crippen LogP contribution >= 0.6 is 0 Å². The van der Waals surface area contributed by atoms with Crippen LogP contribution in [0.5, 0.6) is 11.5 Å². The van der Waals surface area contributed by atoms with Crippen molar-refractivity contribution in [3.8, 4) is 11.5 Å². The molecule has 0 radical (unpaired) electrons. The van der Waals surface area contributed by atoms with Gasteiger partial charge in [-0.3, -0.25) is 4.79 Å². The number of carbonyl (C=O) groups excluding carboxylic acids is 2. The lowest BCUT2D eigenvalue weighted by Gasteiger charge is -2.27. The summed E-state index contributed by atoms with van der Waals surface area (Å²) >= 11 is 0. The van der Waals surface area contributed by atoms with E-state index in [1.807, 2.05) is 19.1 Å². The Balaban J connectivity index is 1.62. The lowest BCUT2D eigenvalue weighted by molar-refractivity contribution is -0.133. The Bertz CT molecular complexity index is 1110. The molecule has 0 aliphatic carbocycles. The van der Waals surface area contributed by atoms with Gasteiger partial charge in [-0.1, -0.05) is 31.2 Å². The molecule has 186 valence electrons. The summed E-state index contributed by atoms with van der Waals surface area (Å²) in [5, 5.41) is 8.66. The number of amides is 3. The molecule has 2 aromatic rings. The molecule has 2 heterocycles. The van der Waals surface area contributed by atoms with Gasteiger partial charge in [-0.25, -0.2) is 14.2 Å². The molecule has 0 bridgehead atoms. The zero-order valence-corrected chi connectivity index (χ0v) is 19.8. The topological polar surface area (TPSA) is 92.7 Å². The van der Waals surface area contributed by atoms with Crippen molar-refractivity contribution in [3.05, 3.63) is 59.4 Å². The summed E-state index contributed by atoms with van der Waals surface area (Å²) in [4.78, 5) is 27.5. The number of hydrogen-bond acceptors (Lipinski definition) is 6. The molecule has 2 aromatic carbocycles. The van der Waals surface area contributed by atoms with Crippen LogP contribution < -0.4 is 14.8 Å². The normalized spacial score (nSPS) is 16.3. The lowest BCUT2D eigenvalue weighted by Crippen LogP contribution is -2.47. The molecule has 0 saturated carbocycles. The number of hydrogen-bond donors (Lipinski definition) is 1. The molecule has 3 amide bonds. The van der Waals surface area contributed by atoms with E-state index < -0.39 is 11.9 Å². The van der Waals surface area contributed by atoms with Gasteiger partial charge in [0.15, 0.2) is 11.5 Å². The number of methoxy groups -OCH3 is 1. The van der Waals surface area contributed by atoms with Gasteiger partial charge in [0.1, 0.15) is 12.4 Å². The third-order valence-corrected chi connectivity index (χ3v) is 5.84. The predicted octanol–water partition coefficient (Wildman–Crippen LogP) is 3.30. The minimum absolute atomic E-state index is 0.129. The number of urea groups is 1. The van der Waals surface area contributed by atoms with Crippen molar-refractivity contribution in [3.63, 3.8) is 0 Å². The van der Waals surface area contributed by atoms with Crippen LogP contribution in [0.1, 0.15) is 36.9 Å². The van der Waals surface area contributed by atoms with E-state index in [2.05, 4.69) is 10.4 Å². The Labute approximate surface area is 203 Å². The van der Waals surface area contributed by atoms with Crippen LogP contribution in [-0.4, -0.2) is 67.7 Å². The number of rotatable bonds is 9. The Kier molecular flexibility index (Phi) is 7.81. The number of nitrogens with one attached hydrogen (secondary N) is 1. The fraction of sp³-hybridized carbons (Fsp3) is 0.400. The van der Waals surface area contributed by atoms with Crippen molar-refractivity contribution in [2.24, 2.45) is 5.10 Å². The summed E-state index contributed by atoms with van der Waals surface area (Å²) < 4.78 is 30.6. The van der Waals surface area contributed by atoms with Gasteiger partial charge >= 0.3 is 6.03 Å². The van der Waals surface area contributed by atoms with Crippen molar-refractivity contribution >= 4 is 17.6 Å². The van der Waals surface area contributed by atoms with E-state index in [1.165, 1.54) is 23.1 Å². The molecule has 0 aromatic heterocycles. The third kappa shape index (κ3) is 5.54. The molecule has 0 saturated heterocycles. The monoisotopic (exact) mass is 484 g/mol. The minimum Gasteiger partial charge on any atom is -0.454 e. The van der Waals surface area contributed by atoms with Gasteiger partial charge in [-0.05, 0) is 30.2 Å². The molecule has 9 nitrogen and oxygen atoms in total. The van der Waals surface area contributed by atoms with E-state index in [9.17, 15) is 14.0 Å². The smallest absolute Gasteiger partial charge is 0.317 e. The second kappa shape index (κ2) is 11.2. The summed E-state index contributed by atoms with van der Waals surface area (Å²) in [5.41, 5.74) is 1.57. The fourth-order valence-corrected chi connectivity index (χ4v) is 4.01. The molecular formula is C25H29FN4O5. The van der Waals surface area contributed by atoms with E-state index >= 15 is 0 Å². The average molecular weight is 485 g/mol. The van der Waals surface area contributed by atoms with Crippen LogP contribution in [0.2, 0.25) is 0 Å². The highest BCUT2D eigenvalue weighted by Gasteiger charge is 2.35. The molecule has 1 unspecified atom stereocenters. The third-order valence-electron chi connectivity index (χ3n) is 5.84. The van der Waals surface area contributed by atoms with Crippen LogP contribution in [0.25, 0.3) is 0 Å². The minimum atomic E-state index is -0.491. The van der Waals surface area contributed by atoms with E-state index in [-0.39, 0.29) is 38.4 Å². The zero-order chi connectivity index (χ0) is 24.8. The first kappa shape index (κ1) is 24.5. The summed E-state index contributed by atoms with van der Waals surface area (Å²) in [7, 11) is 1.53. The van der Waals surface area contributed by atoms with E-state index in [4.69, 9.17) is 14.2 Å². The quantitative estimate of drug-likeness (QED) is 0.590. The van der Waals surface area contributed by atoms with Crippen LogP contribution in [-0.2, 0) is 9.53 Å². The zero-order valence-electron chi connectivity index (χ0n) is 19.8. The Morgan fingerprint density at radius 3 is 2.80 bits per heavy atom. The first-order chi connectivity index (χ1) is 17.0. The van der Waals surface area contributed by atoms with Crippen LogP contribution in [0.15, 0.2) is 47.6 Å². The molecule has 10 heteroatoms. The van der Waals surface area contributed by atoms with Crippen molar-refractivity contribution in [1.29, 1.82) is 0 Å². The summed E-state index contributed by atoms with van der Waals surface area (Å²) in [6.07, 6.45) is 1.08. The molecule has 1 N–H and O–H groups in total. The van der Waals surface area contributed by atoms with Crippen molar-refractivity contribution in [2.75, 3.05) is 40.1 Å². The molecule has 1 atom stereocenters. The molecule has 0 spiro atoms. The van der Waals surface area contributed by atoms with Gasteiger partial charge in [0.25, 0.3) is 5.91 Å². The highest BCUT2D eigenvalue weighted by atomic mass is 19.1. The van der Waals surface area contributed by atoms with E-state index in [0.717, 1.165) is 12.0 Å². The van der Waals surface area contributed by atoms with Gasteiger partial charge < -0.3 is 24.4 Å². The number of ether oxygens (including phenoxy) is 3. The summed E-state index contributed by atoms with van der Waals surface area (Å²) in [6.45, 7) is 2.89. The maximum atomic E-state index is 14.6. The number of hydrazone groups is 1. The van der Waals surface area contributed by atoms with Gasteiger partial charge in [0, 0.05) is 32.2 Å². The van der Waals surface area contributed by atoms with Crippen LogP contribution in [0.3, 0.4) is 0 Å². The molecule has 35 heavy (non-hydrogen) atoms. The van der Waals surface area contributed by atoms with Gasteiger partial charge in [-0.15, -0.1) is 0 Å². The molecule has 4 rings (SSSR count). The molecular weight excluding hydrogens is 455 g/mol. The van der Waals surface area contributed by atoms with Crippen LogP contribution in [0, 0.1) is 5.82 Å². The second-order valence-electron chi connectivity index (χ2n) is 8.24. The summed E-state index contributed by atoms with van der Waals surface area (Å²) in [5.74, 6) is 0.403. The maximum absolute atomic E-state index is 14.6. The molecule has 2 aliphatic rings. The Morgan fingerprint density at radius 1 is 1.23 bits per heavy atom. The standard InChI is InChI=1S/C25H29FN4O5/c1-3-10-27-25(32)29(11-12-33-2)15-24(31)30-21(17-8-9-22-23(13-17)35-16-34-22)14-20(28-30)18-6-4-5-7-19(18)26/h4-9,13,21H,3,10-12,14-16H2,1-2H3,(H,27,32). The van der Waals surface area contributed by atoms with Gasteiger partial charge in [0.2, 0.25) is 6.79 Å². The molecule has 0 fully saturated rings. The lowest BCUT2D eigenvalue weighted by atomic mass is 9.97. The Hall–Kier alpha value is -3.66. The maximum Gasteiger partial charge on any atom is 0.317 e.